The molecule has 0 unspecified atom stereocenters. The largest absolute Gasteiger partial charge is 0.378 e. The maximum absolute atomic E-state index is 11.9. The Balaban J connectivity index is 2.09. The van der Waals surface area contributed by atoms with E-state index in [0.717, 1.165) is 11.3 Å². The number of rotatable bonds is 3. The summed E-state index contributed by atoms with van der Waals surface area (Å²) in [5.41, 5.74) is 2.46. The number of aliphatic imine (C=N–C) groups is 1. The minimum absolute atomic E-state index is 0.259. The molecule has 0 fully saturated rings. The number of halogens is 1. The topological polar surface area (TPSA) is 32.7 Å². The standard InChI is InChI=1S/C16H15ClN2O/c1-19(2)15-9-5-13(6-10-15)16(20)18-11-12-3-7-14(17)8-4-12/h3-11H,1-2H3. The Labute approximate surface area is 123 Å². The van der Waals surface area contributed by atoms with Gasteiger partial charge in [-0.25, -0.2) is 4.99 Å². The number of benzene rings is 2. The number of carbonyl (C=O) groups excluding carboxylic acids is 1. The van der Waals surface area contributed by atoms with Crippen LogP contribution >= 0.6 is 11.6 Å². The van der Waals surface area contributed by atoms with Gasteiger partial charge in [-0.05, 0) is 42.0 Å². The average molecular weight is 287 g/mol. The fourth-order valence-electron chi connectivity index (χ4n) is 1.66. The number of nitrogens with zero attached hydrogens (tertiary/aromatic N) is 2. The Morgan fingerprint density at radius 3 is 2.20 bits per heavy atom. The molecule has 2 aromatic carbocycles. The van der Waals surface area contributed by atoms with Crippen LogP contribution in [-0.4, -0.2) is 26.2 Å². The second-order valence-corrected chi connectivity index (χ2v) is 4.99. The van der Waals surface area contributed by atoms with E-state index in [0.29, 0.717) is 10.6 Å². The number of amides is 1. The van der Waals surface area contributed by atoms with Crippen molar-refractivity contribution in [3.63, 3.8) is 0 Å². The first-order valence-electron chi connectivity index (χ1n) is 6.17. The lowest BCUT2D eigenvalue weighted by Crippen LogP contribution is -2.08. The third-order valence-electron chi connectivity index (χ3n) is 2.83. The van der Waals surface area contributed by atoms with Gasteiger partial charge in [-0.15, -0.1) is 0 Å². The molecule has 0 bridgehead atoms. The maximum Gasteiger partial charge on any atom is 0.276 e. The third-order valence-corrected chi connectivity index (χ3v) is 3.08. The third kappa shape index (κ3) is 3.68. The van der Waals surface area contributed by atoms with Gasteiger partial charge in [-0.3, -0.25) is 4.79 Å². The number of hydrogen-bond acceptors (Lipinski definition) is 2. The van der Waals surface area contributed by atoms with Crippen molar-refractivity contribution in [1.82, 2.24) is 0 Å². The van der Waals surface area contributed by atoms with Gasteiger partial charge in [0.15, 0.2) is 0 Å². The molecule has 0 atom stereocenters. The van der Waals surface area contributed by atoms with Crippen molar-refractivity contribution in [3.05, 3.63) is 64.7 Å². The second kappa shape index (κ2) is 6.35. The minimum Gasteiger partial charge on any atom is -0.378 e. The summed E-state index contributed by atoms with van der Waals surface area (Å²) in [6.07, 6.45) is 1.54. The Bertz CT molecular complexity index is 616. The zero-order valence-electron chi connectivity index (χ0n) is 11.4. The summed E-state index contributed by atoms with van der Waals surface area (Å²) in [5.74, 6) is -0.259. The van der Waals surface area contributed by atoms with Gasteiger partial charge in [0.1, 0.15) is 0 Å². The molecule has 20 heavy (non-hydrogen) atoms. The van der Waals surface area contributed by atoms with Crippen LogP contribution in [-0.2, 0) is 0 Å². The molecule has 4 heteroatoms. The Morgan fingerprint density at radius 2 is 1.65 bits per heavy atom. The first-order chi connectivity index (χ1) is 9.56. The molecule has 3 nitrogen and oxygen atoms in total. The summed E-state index contributed by atoms with van der Waals surface area (Å²) >= 11 is 5.80. The molecule has 0 N–H and O–H groups in total. The van der Waals surface area contributed by atoms with E-state index in [4.69, 9.17) is 11.6 Å². The minimum atomic E-state index is -0.259. The van der Waals surface area contributed by atoms with Crippen molar-refractivity contribution in [1.29, 1.82) is 0 Å². The molecule has 0 aliphatic carbocycles. The van der Waals surface area contributed by atoms with Crippen LogP contribution in [0.25, 0.3) is 0 Å². The van der Waals surface area contributed by atoms with E-state index >= 15 is 0 Å². The van der Waals surface area contributed by atoms with E-state index < -0.39 is 0 Å². The van der Waals surface area contributed by atoms with Gasteiger partial charge in [0.05, 0.1) is 0 Å². The van der Waals surface area contributed by atoms with Gasteiger partial charge in [-0.1, -0.05) is 23.7 Å². The lowest BCUT2D eigenvalue weighted by molar-refractivity contribution is 0.100. The maximum atomic E-state index is 11.9. The van der Waals surface area contributed by atoms with Crippen LogP contribution in [0.5, 0.6) is 0 Å². The zero-order chi connectivity index (χ0) is 14.5. The van der Waals surface area contributed by atoms with Crippen LogP contribution in [0, 0.1) is 0 Å². The first-order valence-corrected chi connectivity index (χ1v) is 6.55. The Hall–Kier alpha value is -2.13. The van der Waals surface area contributed by atoms with Crippen LogP contribution in [0.3, 0.4) is 0 Å². The molecule has 0 radical (unpaired) electrons. The number of anilines is 1. The Morgan fingerprint density at radius 1 is 1.05 bits per heavy atom. The van der Waals surface area contributed by atoms with Gasteiger partial charge in [0.25, 0.3) is 5.91 Å². The van der Waals surface area contributed by atoms with Crippen LogP contribution in [0.4, 0.5) is 5.69 Å². The number of carbonyl (C=O) groups is 1. The molecular weight excluding hydrogens is 272 g/mol. The van der Waals surface area contributed by atoms with E-state index in [1.807, 2.05) is 43.3 Å². The molecule has 0 saturated heterocycles. The van der Waals surface area contributed by atoms with E-state index in [1.54, 1.807) is 30.5 Å². The van der Waals surface area contributed by atoms with E-state index in [-0.39, 0.29) is 5.91 Å². The summed E-state index contributed by atoms with van der Waals surface area (Å²) in [5, 5.41) is 0.660. The normalized spacial score (nSPS) is 10.8. The van der Waals surface area contributed by atoms with Gasteiger partial charge < -0.3 is 4.90 Å². The van der Waals surface area contributed by atoms with Crippen molar-refractivity contribution in [3.8, 4) is 0 Å². The highest BCUT2D eigenvalue weighted by Gasteiger charge is 2.03. The van der Waals surface area contributed by atoms with Crippen molar-refractivity contribution < 1.29 is 4.79 Å². The lowest BCUT2D eigenvalue weighted by Gasteiger charge is -2.11. The Kier molecular flexibility index (Phi) is 4.53. The molecule has 0 saturated carbocycles. The van der Waals surface area contributed by atoms with Gasteiger partial charge in [0.2, 0.25) is 0 Å². The predicted molar refractivity (Wildman–Crippen MR) is 84.1 cm³/mol. The van der Waals surface area contributed by atoms with Crippen molar-refractivity contribution in [2.45, 2.75) is 0 Å². The summed E-state index contributed by atoms with van der Waals surface area (Å²) in [7, 11) is 3.91. The lowest BCUT2D eigenvalue weighted by atomic mass is 10.2. The summed E-state index contributed by atoms with van der Waals surface area (Å²) in [6.45, 7) is 0. The van der Waals surface area contributed by atoms with E-state index in [9.17, 15) is 4.79 Å². The van der Waals surface area contributed by atoms with Crippen LogP contribution in [0.2, 0.25) is 5.02 Å². The molecule has 0 heterocycles. The monoisotopic (exact) mass is 286 g/mol. The molecule has 0 aromatic heterocycles. The van der Waals surface area contributed by atoms with Crippen molar-refractivity contribution in [2.24, 2.45) is 4.99 Å². The first kappa shape index (κ1) is 14.3. The highest BCUT2D eigenvalue weighted by molar-refractivity contribution is 6.30. The second-order valence-electron chi connectivity index (χ2n) is 4.56. The SMILES string of the molecule is CN(C)c1ccc(C(=O)N=Cc2ccc(Cl)cc2)cc1. The van der Waals surface area contributed by atoms with Gasteiger partial charge in [-0.2, -0.15) is 0 Å². The van der Waals surface area contributed by atoms with E-state index in [2.05, 4.69) is 4.99 Å². The molecular formula is C16H15ClN2O. The fourth-order valence-corrected chi connectivity index (χ4v) is 1.78. The van der Waals surface area contributed by atoms with Crippen molar-refractivity contribution in [2.75, 3.05) is 19.0 Å². The quantitative estimate of drug-likeness (QED) is 0.807. The smallest absolute Gasteiger partial charge is 0.276 e. The predicted octanol–water partition coefficient (Wildman–Crippen LogP) is 3.67. The van der Waals surface area contributed by atoms with Crippen LogP contribution < -0.4 is 4.90 Å². The number of hydrogen-bond donors (Lipinski definition) is 0. The van der Waals surface area contributed by atoms with Crippen LogP contribution in [0.1, 0.15) is 15.9 Å². The van der Waals surface area contributed by atoms with Crippen LogP contribution in [0.15, 0.2) is 53.5 Å². The molecule has 1 amide bonds. The molecule has 2 aromatic rings. The summed E-state index contributed by atoms with van der Waals surface area (Å²) < 4.78 is 0. The molecule has 2 rings (SSSR count). The van der Waals surface area contributed by atoms with Crippen molar-refractivity contribution >= 4 is 29.4 Å². The summed E-state index contributed by atoms with van der Waals surface area (Å²) in [4.78, 5) is 17.9. The molecule has 0 aliphatic rings. The zero-order valence-corrected chi connectivity index (χ0v) is 12.1. The fraction of sp³-hybridized carbons (Fsp3) is 0.125. The average Bonchev–Trinajstić information content (AvgIpc) is 2.46. The van der Waals surface area contributed by atoms with E-state index in [1.165, 1.54) is 0 Å². The molecule has 0 aliphatic heterocycles. The highest BCUT2D eigenvalue weighted by atomic mass is 35.5. The molecule has 102 valence electrons. The van der Waals surface area contributed by atoms with Gasteiger partial charge >= 0.3 is 0 Å². The van der Waals surface area contributed by atoms with Gasteiger partial charge in [0, 0.05) is 36.6 Å². The molecule has 0 spiro atoms. The summed E-state index contributed by atoms with van der Waals surface area (Å²) in [6, 6.07) is 14.5. The highest BCUT2D eigenvalue weighted by Crippen LogP contribution is 2.13.